The number of benzene rings is 2. The number of amides is 2. The Kier molecular flexibility index (Phi) is 7.18. The average molecular weight is 475 g/mol. The van der Waals surface area contributed by atoms with E-state index >= 15 is 0 Å². The number of hydrogen-bond acceptors (Lipinski definition) is 5. The number of anilines is 1. The smallest absolute Gasteiger partial charge is 0.251 e. The maximum absolute atomic E-state index is 12.6. The third-order valence-corrected chi connectivity index (χ3v) is 6.26. The zero-order valence-electron chi connectivity index (χ0n) is 19.3. The molecule has 0 aliphatic heterocycles. The maximum atomic E-state index is 12.6. The molecule has 2 amide bonds. The van der Waals surface area contributed by atoms with Crippen LogP contribution in [-0.4, -0.2) is 27.1 Å². The Hall–Kier alpha value is -3.78. The van der Waals surface area contributed by atoms with Crippen molar-refractivity contribution in [1.82, 2.24) is 14.9 Å². The van der Waals surface area contributed by atoms with Crippen LogP contribution in [0.15, 0.2) is 76.6 Å². The van der Waals surface area contributed by atoms with E-state index in [9.17, 15) is 9.59 Å². The highest BCUT2D eigenvalue weighted by atomic mass is 32.2. The van der Waals surface area contributed by atoms with Crippen molar-refractivity contribution >= 4 is 29.3 Å². The number of para-hydroxylation sites is 1. The number of carbonyl (C=O) groups is 2. The number of nitrogens with one attached hydrogen (secondary N) is 2. The van der Waals surface area contributed by atoms with Crippen LogP contribution in [0.25, 0.3) is 5.69 Å². The van der Waals surface area contributed by atoms with Crippen molar-refractivity contribution in [2.45, 2.75) is 32.5 Å². The van der Waals surface area contributed by atoms with Crippen LogP contribution in [0.1, 0.15) is 33.0 Å². The fourth-order valence-electron chi connectivity index (χ4n) is 3.56. The van der Waals surface area contributed by atoms with Crippen LogP contribution in [-0.2, 0) is 11.3 Å². The molecule has 4 rings (SSSR count). The number of rotatable bonds is 8. The molecule has 0 saturated heterocycles. The number of hydrogen-bond donors (Lipinski definition) is 2. The Labute approximate surface area is 202 Å². The average Bonchev–Trinajstić information content (AvgIpc) is 3.47. The number of carbonyl (C=O) groups excluding carboxylic acids is 2. The molecule has 0 aliphatic rings. The van der Waals surface area contributed by atoms with Gasteiger partial charge in [-0.05, 0) is 62.2 Å². The van der Waals surface area contributed by atoms with Gasteiger partial charge in [0.05, 0.1) is 12.3 Å². The number of thioether (sulfide) groups is 1. The highest BCUT2D eigenvalue weighted by molar-refractivity contribution is 7.99. The van der Waals surface area contributed by atoms with Crippen molar-refractivity contribution in [3.63, 3.8) is 0 Å². The largest absolute Gasteiger partial charge is 0.465 e. The summed E-state index contributed by atoms with van der Waals surface area (Å²) in [6, 6.07) is 16.9. The molecule has 174 valence electrons. The lowest BCUT2D eigenvalue weighted by atomic mass is 10.1. The van der Waals surface area contributed by atoms with Crippen molar-refractivity contribution in [1.29, 1.82) is 0 Å². The first-order valence-corrected chi connectivity index (χ1v) is 11.9. The normalized spacial score (nSPS) is 10.8. The molecule has 0 spiro atoms. The number of furan rings is 1. The Morgan fingerprint density at radius 3 is 2.53 bits per heavy atom. The van der Waals surface area contributed by atoms with Gasteiger partial charge in [0.2, 0.25) is 5.91 Å². The SMILES string of the molecule is Cc1ccc(CNC(=O)c2cccc(-n3ccnc3SCC(=O)Nc3c(C)cccc3C)c2)o1. The van der Waals surface area contributed by atoms with E-state index in [1.807, 2.05) is 74.0 Å². The van der Waals surface area contributed by atoms with Crippen LogP contribution < -0.4 is 10.6 Å². The molecule has 2 aromatic carbocycles. The van der Waals surface area contributed by atoms with E-state index in [0.29, 0.717) is 23.0 Å². The van der Waals surface area contributed by atoms with Gasteiger partial charge in [0, 0.05) is 29.3 Å². The fourth-order valence-corrected chi connectivity index (χ4v) is 4.33. The minimum atomic E-state index is -0.196. The Morgan fingerprint density at radius 2 is 1.79 bits per heavy atom. The van der Waals surface area contributed by atoms with Gasteiger partial charge in [-0.1, -0.05) is 36.0 Å². The summed E-state index contributed by atoms with van der Waals surface area (Å²) in [5.41, 5.74) is 4.21. The molecule has 2 heterocycles. The Bertz CT molecular complexity index is 1300. The summed E-state index contributed by atoms with van der Waals surface area (Å²) in [7, 11) is 0. The van der Waals surface area contributed by atoms with Crippen LogP contribution in [0.3, 0.4) is 0 Å². The highest BCUT2D eigenvalue weighted by Gasteiger charge is 2.13. The van der Waals surface area contributed by atoms with Crippen LogP contribution in [0.5, 0.6) is 0 Å². The third-order valence-electron chi connectivity index (χ3n) is 5.29. The summed E-state index contributed by atoms with van der Waals surface area (Å²) in [4.78, 5) is 29.6. The van der Waals surface area contributed by atoms with Crippen LogP contribution in [0.2, 0.25) is 0 Å². The molecule has 0 bridgehead atoms. The minimum Gasteiger partial charge on any atom is -0.465 e. The van der Waals surface area contributed by atoms with Gasteiger partial charge >= 0.3 is 0 Å². The molecule has 8 heteroatoms. The predicted molar refractivity (Wildman–Crippen MR) is 133 cm³/mol. The van der Waals surface area contributed by atoms with Gasteiger partial charge in [-0.25, -0.2) is 4.98 Å². The number of nitrogens with zero attached hydrogens (tertiary/aromatic N) is 2. The lowest BCUT2D eigenvalue weighted by Gasteiger charge is -2.12. The van der Waals surface area contributed by atoms with Gasteiger partial charge in [-0.2, -0.15) is 0 Å². The first-order chi connectivity index (χ1) is 16.4. The van der Waals surface area contributed by atoms with E-state index in [4.69, 9.17) is 4.42 Å². The first kappa shape index (κ1) is 23.4. The molecule has 0 saturated carbocycles. The molecule has 0 aliphatic carbocycles. The molecule has 2 aromatic heterocycles. The summed E-state index contributed by atoms with van der Waals surface area (Å²) < 4.78 is 7.37. The molecular weight excluding hydrogens is 448 g/mol. The lowest BCUT2D eigenvalue weighted by molar-refractivity contribution is -0.113. The van der Waals surface area contributed by atoms with Gasteiger partial charge in [0.15, 0.2) is 5.16 Å². The molecule has 34 heavy (non-hydrogen) atoms. The fraction of sp³-hybridized carbons (Fsp3) is 0.192. The molecule has 0 atom stereocenters. The topological polar surface area (TPSA) is 89.2 Å². The molecule has 4 aromatic rings. The van der Waals surface area contributed by atoms with Gasteiger partial charge in [0.25, 0.3) is 5.91 Å². The van der Waals surface area contributed by atoms with Crippen molar-refractivity contribution in [2.24, 2.45) is 0 Å². The highest BCUT2D eigenvalue weighted by Crippen LogP contribution is 2.23. The molecule has 0 radical (unpaired) electrons. The quantitative estimate of drug-likeness (QED) is 0.349. The monoisotopic (exact) mass is 474 g/mol. The van der Waals surface area contributed by atoms with E-state index in [1.54, 1.807) is 18.3 Å². The lowest BCUT2D eigenvalue weighted by Crippen LogP contribution is -2.22. The standard InChI is InChI=1S/C26H26N4O3S/c1-17-6-4-7-18(2)24(17)29-23(31)16-34-26-27-12-13-30(26)21-9-5-8-20(14-21)25(32)28-15-22-11-10-19(3)33-22/h4-14H,15-16H2,1-3H3,(H,28,32)(H,29,31). The van der Waals surface area contributed by atoms with E-state index in [0.717, 1.165) is 28.3 Å². The summed E-state index contributed by atoms with van der Waals surface area (Å²) in [5.74, 6) is 1.43. The Balaban J connectivity index is 1.41. The van der Waals surface area contributed by atoms with E-state index in [-0.39, 0.29) is 17.6 Å². The summed E-state index contributed by atoms with van der Waals surface area (Å²) in [6.45, 7) is 6.13. The second kappa shape index (κ2) is 10.4. The predicted octanol–water partition coefficient (Wildman–Crippen LogP) is 5.05. The zero-order valence-corrected chi connectivity index (χ0v) is 20.1. The molecule has 7 nitrogen and oxygen atoms in total. The van der Waals surface area contributed by atoms with E-state index in [1.165, 1.54) is 11.8 Å². The second-order valence-corrected chi connectivity index (χ2v) is 8.87. The third kappa shape index (κ3) is 5.58. The number of aryl methyl sites for hydroxylation is 3. The summed E-state index contributed by atoms with van der Waals surface area (Å²) >= 11 is 1.34. The van der Waals surface area contributed by atoms with Gasteiger partial charge < -0.3 is 15.1 Å². The maximum Gasteiger partial charge on any atom is 0.251 e. The van der Waals surface area contributed by atoms with Crippen LogP contribution in [0.4, 0.5) is 5.69 Å². The molecular formula is C26H26N4O3S. The summed E-state index contributed by atoms with van der Waals surface area (Å²) in [5, 5.41) is 6.54. The molecule has 0 unspecified atom stereocenters. The zero-order chi connectivity index (χ0) is 24.1. The number of imidazole rings is 1. The second-order valence-electron chi connectivity index (χ2n) is 7.93. The van der Waals surface area contributed by atoms with Gasteiger partial charge in [0.1, 0.15) is 11.5 Å². The van der Waals surface area contributed by atoms with E-state index in [2.05, 4.69) is 15.6 Å². The van der Waals surface area contributed by atoms with Gasteiger partial charge in [-0.3, -0.25) is 14.2 Å². The van der Waals surface area contributed by atoms with Crippen LogP contribution in [0, 0.1) is 20.8 Å². The Morgan fingerprint density at radius 1 is 1.03 bits per heavy atom. The minimum absolute atomic E-state index is 0.0989. The van der Waals surface area contributed by atoms with Crippen molar-refractivity contribution in [2.75, 3.05) is 11.1 Å². The van der Waals surface area contributed by atoms with E-state index < -0.39 is 0 Å². The molecule has 0 fully saturated rings. The van der Waals surface area contributed by atoms with Gasteiger partial charge in [-0.15, -0.1) is 0 Å². The van der Waals surface area contributed by atoms with Crippen molar-refractivity contribution < 1.29 is 14.0 Å². The van der Waals surface area contributed by atoms with Crippen molar-refractivity contribution in [3.8, 4) is 5.69 Å². The number of aromatic nitrogens is 2. The van der Waals surface area contributed by atoms with Crippen LogP contribution >= 0.6 is 11.8 Å². The molecule has 2 N–H and O–H groups in total. The first-order valence-electron chi connectivity index (χ1n) is 10.9. The van der Waals surface area contributed by atoms with Crippen molar-refractivity contribution in [3.05, 3.63) is 95.2 Å². The summed E-state index contributed by atoms with van der Waals surface area (Å²) in [6.07, 6.45) is 3.49.